The molecule has 3 saturated heterocycles. The molecule has 46 heavy (non-hydrogen) atoms. The van der Waals surface area contributed by atoms with Crippen LogP contribution in [0.25, 0.3) is 0 Å². The number of carbonyl (C=O) groups excluding carboxylic acids is 3. The second-order valence-electron chi connectivity index (χ2n) is 13.5. The number of piperidine rings is 2. The van der Waals surface area contributed by atoms with Crippen LogP contribution in [-0.4, -0.2) is 115 Å². The molecule has 0 unspecified atom stereocenters. The Morgan fingerprint density at radius 3 is 2.26 bits per heavy atom. The van der Waals surface area contributed by atoms with Crippen molar-refractivity contribution < 1.29 is 19.1 Å². The third-order valence-corrected chi connectivity index (χ3v) is 10.6. The quantitative estimate of drug-likeness (QED) is 0.499. The molecule has 4 heterocycles. The molecule has 0 bridgehead atoms. The minimum Gasteiger partial charge on any atom is -0.436 e. The molecule has 0 saturated carbocycles. The Bertz CT molecular complexity index is 1410. The normalized spacial score (nSPS) is 20.9. The van der Waals surface area contributed by atoms with Crippen molar-refractivity contribution in [3.05, 3.63) is 64.2 Å². The van der Waals surface area contributed by atoms with Crippen molar-refractivity contribution >= 4 is 23.7 Å². The lowest BCUT2D eigenvalue weighted by molar-refractivity contribution is -0.143. The van der Waals surface area contributed by atoms with Gasteiger partial charge in [-0.15, -0.1) is 0 Å². The predicted molar refractivity (Wildman–Crippen MR) is 179 cm³/mol. The van der Waals surface area contributed by atoms with Crippen LogP contribution in [-0.2, 0) is 22.4 Å². The molecule has 0 spiro atoms. The molecule has 10 nitrogen and oxygen atoms in total. The minimum absolute atomic E-state index is 0.0465. The number of ether oxygens (including phenoxy) is 1. The first-order valence-corrected chi connectivity index (χ1v) is 17.2. The van der Waals surface area contributed by atoms with Crippen LogP contribution in [0.1, 0.15) is 53.5 Å². The number of aryl methyl sites for hydroxylation is 3. The molecule has 3 fully saturated rings. The van der Waals surface area contributed by atoms with Gasteiger partial charge in [-0.25, -0.2) is 9.59 Å². The first-order valence-electron chi connectivity index (χ1n) is 17.2. The third-order valence-electron chi connectivity index (χ3n) is 10.6. The van der Waals surface area contributed by atoms with Gasteiger partial charge in [-0.05, 0) is 99.8 Å². The SMILES string of the molecule is Cc1cc(C)c(C[C@@H](OC(=O)N2CCC(N3CCc4ccccc4NC3=O)CC2)C(=O)N2CCN(C3CCNCC3)CC2)cc1C. The molecule has 0 radical (unpaired) electrons. The molecule has 1 atom stereocenters. The average molecular weight is 631 g/mol. The highest BCUT2D eigenvalue weighted by atomic mass is 16.6. The van der Waals surface area contributed by atoms with E-state index < -0.39 is 12.2 Å². The zero-order valence-corrected chi connectivity index (χ0v) is 27.7. The number of nitrogens with one attached hydrogen (secondary N) is 2. The first kappa shape index (κ1) is 32.3. The van der Waals surface area contributed by atoms with Gasteiger partial charge in [-0.2, -0.15) is 0 Å². The molecule has 0 aromatic heterocycles. The van der Waals surface area contributed by atoms with E-state index in [1.54, 1.807) is 4.90 Å². The maximum Gasteiger partial charge on any atom is 0.410 e. The maximum atomic E-state index is 14.0. The zero-order valence-electron chi connectivity index (χ0n) is 27.7. The highest BCUT2D eigenvalue weighted by molar-refractivity contribution is 5.91. The van der Waals surface area contributed by atoms with Gasteiger partial charge in [0.1, 0.15) is 0 Å². The number of rotatable bonds is 6. The van der Waals surface area contributed by atoms with Gasteiger partial charge in [-0.1, -0.05) is 30.3 Å². The lowest BCUT2D eigenvalue weighted by Crippen LogP contribution is -2.56. The van der Waals surface area contributed by atoms with E-state index in [0.717, 1.165) is 73.4 Å². The van der Waals surface area contributed by atoms with Crippen molar-refractivity contribution in [1.82, 2.24) is 24.9 Å². The van der Waals surface area contributed by atoms with E-state index in [1.165, 1.54) is 5.56 Å². The van der Waals surface area contributed by atoms with E-state index in [0.29, 0.717) is 58.0 Å². The number of para-hydroxylation sites is 1. The van der Waals surface area contributed by atoms with Crippen molar-refractivity contribution in [3.8, 4) is 0 Å². The van der Waals surface area contributed by atoms with Crippen molar-refractivity contribution in [2.75, 3.05) is 64.2 Å². The summed E-state index contributed by atoms with van der Waals surface area (Å²) >= 11 is 0. The fraction of sp³-hybridized carbons (Fsp3) is 0.583. The lowest BCUT2D eigenvalue weighted by atomic mass is 9.96. The number of fused-ring (bicyclic) bond motifs is 1. The Morgan fingerprint density at radius 2 is 1.52 bits per heavy atom. The average Bonchev–Trinajstić information content (AvgIpc) is 3.25. The van der Waals surface area contributed by atoms with E-state index in [-0.39, 0.29) is 18.0 Å². The number of likely N-dealkylation sites (tertiary alicyclic amines) is 1. The molecule has 4 amide bonds. The Kier molecular flexibility index (Phi) is 10.1. The second kappa shape index (κ2) is 14.4. The van der Waals surface area contributed by atoms with Crippen LogP contribution in [0.5, 0.6) is 0 Å². The highest BCUT2D eigenvalue weighted by Crippen LogP contribution is 2.26. The van der Waals surface area contributed by atoms with E-state index >= 15 is 0 Å². The van der Waals surface area contributed by atoms with Gasteiger partial charge in [0.05, 0.1) is 0 Å². The van der Waals surface area contributed by atoms with Crippen molar-refractivity contribution in [2.24, 2.45) is 0 Å². The van der Waals surface area contributed by atoms with Crippen molar-refractivity contribution in [2.45, 2.75) is 77.5 Å². The number of urea groups is 1. The number of piperazine rings is 1. The summed E-state index contributed by atoms with van der Waals surface area (Å²) in [5, 5.41) is 6.50. The van der Waals surface area contributed by atoms with Crippen LogP contribution < -0.4 is 10.6 Å². The molecule has 10 heteroatoms. The summed E-state index contributed by atoms with van der Waals surface area (Å²) in [6, 6.07) is 12.8. The summed E-state index contributed by atoms with van der Waals surface area (Å²) in [6.45, 7) is 12.9. The molecular weight excluding hydrogens is 580 g/mol. The molecular formula is C36H50N6O4. The van der Waals surface area contributed by atoms with Gasteiger partial charge in [0.25, 0.3) is 5.91 Å². The van der Waals surface area contributed by atoms with Crippen molar-refractivity contribution in [3.63, 3.8) is 0 Å². The monoisotopic (exact) mass is 630 g/mol. The molecule has 248 valence electrons. The van der Waals surface area contributed by atoms with Crippen LogP contribution in [0, 0.1) is 20.8 Å². The standard InChI is InChI=1S/C36H50N6O4/c1-25-22-27(3)29(23-26(25)2)24-33(34(43)40-20-18-39(19-21-40)30-8-13-37-14-9-30)46-36(45)41-15-11-31(12-16-41)42-17-10-28-6-4-5-7-32(28)38-35(42)44/h4-7,22-23,30-31,33,37H,8-21,24H2,1-3H3,(H,38,44)/t33-/m1/s1. The minimum atomic E-state index is -0.883. The van der Waals surface area contributed by atoms with Gasteiger partial charge >= 0.3 is 12.1 Å². The third kappa shape index (κ3) is 7.33. The van der Waals surface area contributed by atoms with E-state index in [9.17, 15) is 14.4 Å². The van der Waals surface area contributed by atoms with Gasteiger partial charge in [-0.3, -0.25) is 9.69 Å². The number of carbonyl (C=O) groups is 3. The lowest BCUT2D eigenvalue weighted by Gasteiger charge is -2.41. The maximum absolute atomic E-state index is 14.0. The Labute approximate surface area is 273 Å². The largest absolute Gasteiger partial charge is 0.436 e. The Balaban J connectivity index is 1.09. The summed E-state index contributed by atoms with van der Waals surface area (Å²) in [5.74, 6) is -0.105. The summed E-state index contributed by atoms with van der Waals surface area (Å²) in [7, 11) is 0. The van der Waals surface area contributed by atoms with Crippen LogP contribution in [0.2, 0.25) is 0 Å². The topological polar surface area (TPSA) is 97.5 Å². The Hall–Kier alpha value is -3.63. The van der Waals surface area contributed by atoms with E-state index in [4.69, 9.17) is 4.74 Å². The number of hydrogen-bond acceptors (Lipinski definition) is 6. The summed E-state index contributed by atoms with van der Waals surface area (Å²) in [6.07, 6.45) is 3.46. The number of benzene rings is 2. The Morgan fingerprint density at radius 1 is 0.826 bits per heavy atom. The molecule has 2 aromatic rings. The fourth-order valence-corrected chi connectivity index (χ4v) is 7.60. The number of amides is 4. The summed E-state index contributed by atoms with van der Waals surface area (Å²) in [4.78, 5) is 48.8. The van der Waals surface area contributed by atoms with Gasteiger partial charge in [0.2, 0.25) is 0 Å². The molecule has 4 aliphatic rings. The molecule has 2 aromatic carbocycles. The fourth-order valence-electron chi connectivity index (χ4n) is 7.60. The van der Waals surface area contributed by atoms with Crippen LogP contribution in [0.15, 0.2) is 36.4 Å². The number of hydrogen-bond donors (Lipinski definition) is 2. The summed E-state index contributed by atoms with van der Waals surface area (Å²) < 4.78 is 6.12. The second-order valence-corrected chi connectivity index (χ2v) is 13.5. The number of anilines is 1. The number of nitrogens with zero attached hydrogens (tertiary/aromatic N) is 4. The van der Waals surface area contributed by atoms with Gasteiger partial charge < -0.3 is 30.1 Å². The van der Waals surface area contributed by atoms with Crippen LogP contribution in [0.4, 0.5) is 15.3 Å². The molecule has 2 N–H and O–H groups in total. The van der Waals surface area contributed by atoms with Crippen LogP contribution in [0.3, 0.4) is 0 Å². The zero-order chi connectivity index (χ0) is 32.2. The molecule has 0 aliphatic carbocycles. The van der Waals surface area contributed by atoms with Gasteiger partial charge in [0, 0.05) is 70.0 Å². The van der Waals surface area contributed by atoms with E-state index in [1.807, 2.05) is 28.0 Å². The highest BCUT2D eigenvalue weighted by Gasteiger charge is 2.36. The van der Waals surface area contributed by atoms with Gasteiger partial charge in [0.15, 0.2) is 6.10 Å². The van der Waals surface area contributed by atoms with E-state index in [2.05, 4.69) is 54.5 Å². The smallest absolute Gasteiger partial charge is 0.410 e. The summed E-state index contributed by atoms with van der Waals surface area (Å²) in [5.41, 5.74) is 6.53. The molecule has 4 aliphatic heterocycles. The first-order chi connectivity index (χ1) is 22.3. The van der Waals surface area contributed by atoms with Crippen LogP contribution >= 0.6 is 0 Å². The van der Waals surface area contributed by atoms with Crippen molar-refractivity contribution in [1.29, 1.82) is 0 Å². The predicted octanol–water partition coefficient (Wildman–Crippen LogP) is 4.11. The molecule has 6 rings (SSSR count).